The van der Waals surface area contributed by atoms with Crippen LogP contribution in [0.2, 0.25) is 0 Å². The molecule has 0 aliphatic carbocycles. The predicted octanol–water partition coefficient (Wildman–Crippen LogP) is 2.54. The highest BCUT2D eigenvalue weighted by atomic mass is 32.2. The Morgan fingerprint density at radius 3 is 2.69 bits per heavy atom. The second-order valence-corrected chi connectivity index (χ2v) is 3.82. The number of carbonyl (C=O) groups excluding carboxylic acids is 1. The molecule has 1 aliphatic rings. The molecule has 0 atom stereocenters. The van der Waals surface area contributed by atoms with E-state index in [0.717, 1.165) is 17.9 Å². The second kappa shape index (κ2) is 3.75. The van der Waals surface area contributed by atoms with E-state index in [4.69, 9.17) is 0 Å². The van der Waals surface area contributed by atoms with Crippen LogP contribution in [0, 0.1) is 0 Å². The molecule has 0 aromatic heterocycles. The molecule has 0 spiro atoms. The van der Waals surface area contributed by atoms with Gasteiger partial charge >= 0.3 is 5.24 Å². The standard InChI is InChI=1S/C10H9NOS/c12-10-11-9(7-13-10)6-8-4-2-1-3-5-8/h1-5H,6-7H2. The molecule has 13 heavy (non-hydrogen) atoms. The first-order valence-corrected chi connectivity index (χ1v) is 5.10. The number of amides is 1. The molecule has 1 amide bonds. The van der Waals surface area contributed by atoms with E-state index in [1.807, 2.05) is 18.2 Å². The number of hydrogen-bond donors (Lipinski definition) is 0. The van der Waals surface area contributed by atoms with Crippen molar-refractivity contribution in [3.8, 4) is 0 Å². The molecule has 0 radical (unpaired) electrons. The molecule has 1 aliphatic heterocycles. The van der Waals surface area contributed by atoms with Crippen molar-refractivity contribution < 1.29 is 4.79 Å². The van der Waals surface area contributed by atoms with Crippen LogP contribution in [0.3, 0.4) is 0 Å². The second-order valence-electron chi connectivity index (χ2n) is 2.89. The Labute approximate surface area is 81.1 Å². The number of thioether (sulfide) groups is 1. The Hall–Kier alpha value is -1.09. The van der Waals surface area contributed by atoms with Gasteiger partial charge in [0.2, 0.25) is 0 Å². The van der Waals surface area contributed by atoms with E-state index in [2.05, 4.69) is 17.1 Å². The van der Waals surface area contributed by atoms with E-state index >= 15 is 0 Å². The summed E-state index contributed by atoms with van der Waals surface area (Å²) in [6.45, 7) is 0. The molecular weight excluding hydrogens is 182 g/mol. The Bertz CT molecular complexity index is 345. The quantitative estimate of drug-likeness (QED) is 0.719. The largest absolute Gasteiger partial charge is 0.305 e. The van der Waals surface area contributed by atoms with E-state index in [9.17, 15) is 4.79 Å². The lowest BCUT2D eigenvalue weighted by Gasteiger charge is -1.97. The summed E-state index contributed by atoms with van der Waals surface area (Å²) in [5, 5.41) is -0.0501. The van der Waals surface area contributed by atoms with Crippen LogP contribution in [0.1, 0.15) is 5.56 Å². The molecule has 66 valence electrons. The normalized spacial score (nSPS) is 16.0. The molecule has 0 saturated heterocycles. The van der Waals surface area contributed by atoms with E-state index in [1.165, 1.54) is 17.3 Å². The fraction of sp³-hybridized carbons (Fsp3) is 0.200. The summed E-state index contributed by atoms with van der Waals surface area (Å²) in [6, 6.07) is 10.1. The zero-order valence-corrected chi connectivity index (χ0v) is 7.88. The third kappa shape index (κ3) is 2.18. The van der Waals surface area contributed by atoms with E-state index in [-0.39, 0.29) is 5.24 Å². The molecule has 0 N–H and O–H groups in total. The summed E-state index contributed by atoms with van der Waals surface area (Å²) >= 11 is 1.28. The summed E-state index contributed by atoms with van der Waals surface area (Å²) in [4.78, 5) is 14.7. The van der Waals surface area contributed by atoms with Crippen molar-refractivity contribution in [2.24, 2.45) is 4.99 Å². The molecule has 1 aromatic carbocycles. The topological polar surface area (TPSA) is 29.4 Å². The van der Waals surface area contributed by atoms with Crippen LogP contribution in [0.4, 0.5) is 4.79 Å². The lowest BCUT2D eigenvalue weighted by molar-refractivity contribution is 0.268. The third-order valence-corrected chi connectivity index (χ3v) is 2.68. The minimum Gasteiger partial charge on any atom is -0.259 e. The first-order valence-electron chi connectivity index (χ1n) is 4.12. The number of hydrogen-bond acceptors (Lipinski definition) is 2. The third-order valence-electron chi connectivity index (χ3n) is 1.86. The van der Waals surface area contributed by atoms with Gasteiger partial charge in [-0.2, -0.15) is 0 Å². The first kappa shape index (κ1) is 8.51. The van der Waals surface area contributed by atoms with Gasteiger partial charge in [0.25, 0.3) is 0 Å². The average molecular weight is 191 g/mol. The SMILES string of the molecule is O=C1N=C(Cc2ccccc2)CS1. The highest BCUT2D eigenvalue weighted by Crippen LogP contribution is 2.16. The Balaban J connectivity index is 2.07. The van der Waals surface area contributed by atoms with Crippen molar-refractivity contribution in [3.63, 3.8) is 0 Å². The fourth-order valence-electron chi connectivity index (χ4n) is 1.26. The van der Waals surface area contributed by atoms with Crippen molar-refractivity contribution in [2.45, 2.75) is 6.42 Å². The van der Waals surface area contributed by atoms with Crippen LogP contribution >= 0.6 is 11.8 Å². The predicted molar refractivity (Wildman–Crippen MR) is 55.4 cm³/mol. The van der Waals surface area contributed by atoms with Crippen LogP contribution in [0.5, 0.6) is 0 Å². The van der Waals surface area contributed by atoms with Crippen LogP contribution in [-0.2, 0) is 6.42 Å². The van der Waals surface area contributed by atoms with Gasteiger partial charge in [0, 0.05) is 17.9 Å². The first-order chi connectivity index (χ1) is 6.34. The molecule has 3 heteroatoms. The molecule has 1 aromatic rings. The van der Waals surface area contributed by atoms with Crippen LogP contribution in [0.15, 0.2) is 35.3 Å². The van der Waals surface area contributed by atoms with Gasteiger partial charge in [-0.05, 0) is 5.56 Å². The van der Waals surface area contributed by atoms with Crippen LogP contribution in [0.25, 0.3) is 0 Å². The lowest BCUT2D eigenvalue weighted by atomic mass is 10.1. The van der Waals surface area contributed by atoms with Gasteiger partial charge < -0.3 is 0 Å². The molecule has 2 rings (SSSR count). The van der Waals surface area contributed by atoms with Crippen LogP contribution < -0.4 is 0 Å². The van der Waals surface area contributed by atoms with Gasteiger partial charge in [0.1, 0.15) is 0 Å². The molecule has 0 fully saturated rings. The van der Waals surface area contributed by atoms with Gasteiger partial charge in [0.15, 0.2) is 0 Å². The molecular formula is C10H9NOS. The van der Waals surface area contributed by atoms with Gasteiger partial charge in [-0.1, -0.05) is 42.1 Å². The van der Waals surface area contributed by atoms with Crippen molar-refractivity contribution in [3.05, 3.63) is 35.9 Å². The van der Waals surface area contributed by atoms with E-state index in [1.54, 1.807) is 0 Å². The zero-order valence-electron chi connectivity index (χ0n) is 7.06. The zero-order chi connectivity index (χ0) is 9.10. The summed E-state index contributed by atoms with van der Waals surface area (Å²) < 4.78 is 0. The summed E-state index contributed by atoms with van der Waals surface area (Å²) in [5.74, 6) is 0.758. The molecule has 0 bridgehead atoms. The van der Waals surface area contributed by atoms with E-state index < -0.39 is 0 Å². The lowest BCUT2D eigenvalue weighted by Crippen LogP contribution is -2.01. The summed E-state index contributed by atoms with van der Waals surface area (Å²) in [7, 11) is 0. The van der Waals surface area contributed by atoms with Gasteiger partial charge in [0.05, 0.1) is 0 Å². The minimum atomic E-state index is -0.0501. The van der Waals surface area contributed by atoms with Crippen molar-refractivity contribution in [1.29, 1.82) is 0 Å². The minimum absolute atomic E-state index is 0.0501. The molecule has 2 nitrogen and oxygen atoms in total. The van der Waals surface area contributed by atoms with Crippen molar-refractivity contribution in [2.75, 3.05) is 5.75 Å². The van der Waals surface area contributed by atoms with E-state index in [0.29, 0.717) is 0 Å². The summed E-state index contributed by atoms with van der Waals surface area (Å²) in [6.07, 6.45) is 0.805. The maximum absolute atomic E-state index is 10.8. The number of carbonyl (C=O) groups is 1. The fourth-order valence-corrected chi connectivity index (χ4v) is 1.91. The molecule has 1 heterocycles. The molecule has 0 saturated carbocycles. The number of aliphatic imine (C=N–C) groups is 1. The summed E-state index contributed by atoms with van der Waals surface area (Å²) in [5.41, 5.74) is 2.21. The van der Waals surface area contributed by atoms with Gasteiger partial charge in [-0.15, -0.1) is 0 Å². The monoisotopic (exact) mass is 191 g/mol. The Morgan fingerprint density at radius 2 is 2.08 bits per heavy atom. The van der Waals surface area contributed by atoms with Crippen molar-refractivity contribution in [1.82, 2.24) is 0 Å². The highest BCUT2D eigenvalue weighted by Gasteiger charge is 2.14. The smallest absolute Gasteiger partial charge is 0.259 e. The number of benzene rings is 1. The average Bonchev–Trinajstić information content (AvgIpc) is 2.53. The van der Waals surface area contributed by atoms with Crippen LogP contribution in [-0.4, -0.2) is 16.7 Å². The Kier molecular flexibility index (Phi) is 2.45. The Morgan fingerprint density at radius 1 is 1.31 bits per heavy atom. The van der Waals surface area contributed by atoms with Gasteiger partial charge in [-0.25, -0.2) is 4.99 Å². The number of rotatable bonds is 2. The highest BCUT2D eigenvalue weighted by molar-refractivity contribution is 8.14. The van der Waals surface area contributed by atoms with Crippen molar-refractivity contribution >= 4 is 22.7 Å². The maximum atomic E-state index is 10.8. The molecule has 0 unspecified atom stereocenters. The number of nitrogens with zero attached hydrogens (tertiary/aromatic N) is 1. The maximum Gasteiger partial charge on any atom is 0.305 e. The van der Waals surface area contributed by atoms with Gasteiger partial charge in [-0.3, -0.25) is 4.79 Å².